The average molecular weight is 318 g/mol. The first-order chi connectivity index (χ1) is 7.70. The molecule has 0 aliphatic carbocycles. The minimum atomic E-state index is -0.165. The van der Waals surface area contributed by atoms with Crippen molar-refractivity contribution < 1.29 is 4.79 Å². The van der Waals surface area contributed by atoms with E-state index in [0.29, 0.717) is 5.69 Å². The van der Waals surface area contributed by atoms with Gasteiger partial charge in [-0.3, -0.25) is 9.78 Å². The fraction of sp³-hybridized carbons (Fsp3) is 0.100. The second kappa shape index (κ2) is 5.03. The van der Waals surface area contributed by atoms with Gasteiger partial charge in [0.1, 0.15) is 10.7 Å². The molecule has 16 heavy (non-hydrogen) atoms. The zero-order valence-electron chi connectivity index (χ0n) is 7.98. The number of pyridine rings is 1. The monoisotopic (exact) mass is 316 g/mol. The predicted molar refractivity (Wildman–Crippen MR) is 68.1 cm³/mol. The van der Waals surface area contributed by atoms with E-state index in [2.05, 4.69) is 25.9 Å². The summed E-state index contributed by atoms with van der Waals surface area (Å²) in [4.78, 5) is 19.7. The number of rotatable bonds is 3. The highest BCUT2D eigenvalue weighted by atomic mass is 79.9. The van der Waals surface area contributed by atoms with E-state index < -0.39 is 0 Å². The molecular weight excluding hydrogens is 312 g/mol. The fourth-order valence-corrected chi connectivity index (χ4v) is 2.26. The highest BCUT2D eigenvalue weighted by Crippen LogP contribution is 2.23. The van der Waals surface area contributed by atoms with Crippen LogP contribution in [-0.2, 0) is 0 Å². The normalized spacial score (nSPS) is 10.4. The van der Waals surface area contributed by atoms with Gasteiger partial charge < -0.3 is 0 Å². The zero-order valence-corrected chi connectivity index (χ0v) is 11.1. The van der Waals surface area contributed by atoms with E-state index in [1.807, 2.05) is 12.1 Å². The average Bonchev–Trinajstić information content (AvgIpc) is 2.78. The summed E-state index contributed by atoms with van der Waals surface area (Å²) in [6, 6.07) is 3.73. The lowest BCUT2D eigenvalue weighted by Gasteiger charge is -1.94. The Labute approximate surface area is 110 Å². The van der Waals surface area contributed by atoms with E-state index in [4.69, 9.17) is 11.6 Å². The van der Waals surface area contributed by atoms with Crippen molar-refractivity contribution in [3.05, 3.63) is 33.9 Å². The van der Waals surface area contributed by atoms with Crippen molar-refractivity contribution in [3.63, 3.8) is 0 Å². The molecule has 0 aliphatic heterocycles. The van der Waals surface area contributed by atoms with Crippen molar-refractivity contribution in [2.45, 2.75) is 0 Å². The lowest BCUT2D eigenvalue weighted by atomic mass is 10.3. The summed E-state index contributed by atoms with van der Waals surface area (Å²) in [5.74, 6) is -0.210. The van der Waals surface area contributed by atoms with Crippen molar-refractivity contribution in [1.29, 1.82) is 0 Å². The minimum Gasteiger partial charge on any atom is -0.291 e. The smallest absolute Gasteiger partial charge is 0.196 e. The molecule has 3 nitrogen and oxygen atoms in total. The Morgan fingerprint density at radius 1 is 1.50 bits per heavy atom. The SMILES string of the molecule is O=C(CCl)c1csc(-c2ccc(Br)cn2)n1. The van der Waals surface area contributed by atoms with Crippen LogP contribution in [0.25, 0.3) is 10.7 Å². The van der Waals surface area contributed by atoms with Gasteiger partial charge in [0.15, 0.2) is 5.78 Å². The van der Waals surface area contributed by atoms with Crippen LogP contribution in [0.3, 0.4) is 0 Å². The molecule has 0 spiro atoms. The van der Waals surface area contributed by atoms with E-state index in [1.165, 1.54) is 11.3 Å². The molecule has 0 atom stereocenters. The number of carbonyl (C=O) groups excluding carboxylic acids is 1. The van der Waals surface area contributed by atoms with Gasteiger partial charge in [0.05, 0.1) is 11.6 Å². The standard InChI is InChI=1S/C10H6BrClN2OS/c11-6-1-2-7(13-4-6)10-14-8(5-16-10)9(15)3-12/h1-2,4-5H,3H2. The molecule has 0 amide bonds. The van der Waals surface area contributed by atoms with E-state index in [9.17, 15) is 4.79 Å². The Kier molecular flexibility index (Phi) is 3.68. The van der Waals surface area contributed by atoms with Gasteiger partial charge in [0.25, 0.3) is 0 Å². The molecule has 0 bridgehead atoms. The van der Waals surface area contributed by atoms with Crippen LogP contribution in [0.2, 0.25) is 0 Å². The quantitative estimate of drug-likeness (QED) is 0.644. The molecule has 0 N–H and O–H groups in total. The van der Waals surface area contributed by atoms with Gasteiger partial charge in [-0.25, -0.2) is 4.98 Å². The van der Waals surface area contributed by atoms with Crippen LogP contribution < -0.4 is 0 Å². The molecule has 0 saturated carbocycles. The first kappa shape index (κ1) is 11.7. The summed E-state index contributed by atoms with van der Waals surface area (Å²) in [6.07, 6.45) is 1.69. The molecule has 0 unspecified atom stereocenters. The molecule has 6 heteroatoms. The summed E-state index contributed by atoms with van der Waals surface area (Å²) < 4.78 is 0.907. The topological polar surface area (TPSA) is 42.9 Å². The highest BCUT2D eigenvalue weighted by molar-refractivity contribution is 9.10. The number of Topliss-reactive ketones (excluding diaryl/α,β-unsaturated/α-hetero) is 1. The largest absolute Gasteiger partial charge is 0.291 e. The molecule has 0 aliphatic rings. The Morgan fingerprint density at radius 3 is 2.94 bits per heavy atom. The third kappa shape index (κ3) is 2.48. The molecular formula is C10H6BrClN2OS. The number of ketones is 1. The predicted octanol–water partition coefficient (Wildman–Crippen LogP) is 3.39. The minimum absolute atomic E-state index is 0.0447. The summed E-state index contributed by atoms with van der Waals surface area (Å²) >= 11 is 10.1. The van der Waals surface area contributed by atoms with Crippen LogP contribution in [0.4, 0.5) is 0 Å². The van der Waals surface area contributed by atoms with Crippen LogP contribution in [0.15, 0.2) is 28.2 Å². The van der Waals surface area contributed by atoms with Crippen LogP contribution in [0, 0.1) is 0 Å². The molecule has 82 valence electrons. The zero-order chi connectivity index (χ0) is 11.5. The van der Waals surface area contributed by atoms with Gasteiger partial charge in [-0.15, -0.1) is 22.9 Å². The number of carbonyl (C=O) groups is 1. The summed E-state index contributed by atoms with van der Waals surface area (Å²) in [5.41, 5.74) is 1.15. The lowest BCUT2D eigenvalue weighted by molar-refractivity contribution is 0.101. The molecule has 0 aromatic carbocycles. The van der Waals surface area contributed by atoms with Crippen LogP contribution in [-0.4, -0.2) is 21.6 Å². The first-order valence-corrected chi connectivity index (χ1v) is 6.58. The summed E-state index contributed by atoms with van der Waals surface area (Å²) in [7, 11) is 0. The molecule has 2 heterocycles. The van der Waals surface area contributed by atoms with Gasteiger partial charge in [-0.2, -0.15) is 0 Å². The number of nitrogens with zero attached hydrogens (tertiary/aromatic N) is 2. The molecule has 0 radical (unpaired) electrons. The van der Waals surface area contributed by atoms with Crippen molar-refractivity contribution >= 4 is 44.7 Å². The molecule has 2 rings (SSSR count). The number of hydrogen-bond acceptors (Lipinski definition) is 4. The van der Waals surface area contributed by atoms with Gasteiger partial charge >= 0.3 is 0 Å². The van der Waals surface area contributed by atoms with Gasteiger partial charge in [-0.1, -0.05) is 0 Å². The number of aromatic nitrogens is 2. The second-order valence-corrected chi connectivity index (χ2v) is 5.00. The first-order valence-electron chi connectivity index (χ1n) is 4.37. The Hall–Kier alpha value is -0.780. The Balaban J connectivity index is 2.31. The maximum Gasteiger partial charge on any atom is 0.196 e. The molecule has 2 aromatic rings. The highest BCUT2D eigenvalue weighted by Gasteiger charge is 2.11. The van der Waals surface area contributed by atoms with Gasteiger partial charge in [0.2, 0.25) is 0 Å². The second-order valence-electron chi connectivity index (χ2n) is 2.96. The van der Waals surface area contributed by atoms with Crippen LogP contribution in [0.1, 0.15) is 10.5 Å². The number of halogens is 2. The maximum absolute atomic E-state index is 11.3. The lowest BCUT2D eigenvalue weighted by Crippen LogP contribution is -2.00. The fourth-order valence-electron chi connectivity index (χ4n) is 1.09. The molecule has 2 aromatic heterocycles. The van der Waals surface area contributed by atoms with Crippen molar-refractivity contribution in [2.24, 2.45) is 0 Å². The third-order valence-electron chi connectivity index (χ3n) is 1.86. The number of thiazole rings is 1. The van der Waals surface area contributed by atoms with E-state index in [-0.39, 0.29) is 11.7 Å². The van der Waals surface area contributed by atoms with Gasteiger partial charge in [-0.05, 0) is 28.1 Å². The number of hydrogen-bond donors (Lipinski definition) is 0. The summed E-state index contributed by atoms with van der Waals surface area (Å²) in [5, 5.41) is 2.42. The number of alkyl halides is 1. The third-order valence-corrected chi connectivity index (χ3v) is 3.43. The van der Waals surface area contributed by atoms with Crippen molar-refractivity contribution in [3.8, 4) is 10.7 Å². The van der Waals surface area contributed by atoms with Crippen molar-refractivity contribution in [2.75, 3.05) is 5.88 Å². The van der Waals surface area contributed by atoms with Crippen molar-refractivity contribution in [1.82, 2.24) is 9.97 Å². The Bertz CT molecular complexity index is 512. The van der Waals surface area contributed by atoms with Gasteiger partial charge in [0, 0.05) is 16.0 Å². The maximum atomic E-state index is 11.3. The van der Waals surface area contributed by atoms with E-state index in [0.717, 1.165) is 15.2 Å². The van der Waals surface area contributed by atoms with Crippen LogP contribution in [0.5, 0.6) is 0 Å². The van der Waals surface area contributed by atoms with E-state index in [1.54, 1.807) is 11.6 Å². The molecule has 0 saturated heterocycles. The molecule has 0 fully saturated rings. The summed E-state index contributed by atoms with van der Waals surface area (Å²) in [6.45, 7) is 0. The Morgan fingerprint density at radius 2 is 2.31 bits per heavy atom. The van der Waals surface area contributed by atoms with E-state index >= 15 is 0 Å². The van der Waals surface area contributed by atoms with Crippen LogP contribution >= 0.6 is 38.9 Å².